The minimum absolute atomic E-state index is 0.166. The summed E-state index contributed by atoms with van der Waals surface area (Å²) in [6, 6.07) is -2.45. The Labute approximate surface area is 176 Å². The van der Waals surface area contributed by atoms with Crippen molar-refractivity contribution in [3.8, 4) is 0 Å². The fourth-order valence-corrected chi connectivity index (χ4v) is 3.36. The number of H-pyrrole nitrogens is 1. The summed E-state index contributed by atoms with van der Waals surface area (Å²) in [5.41, 5.74) is 15.8. The van der Waals surface area contributed by atoms with Gasteiger partial charge >= 0.3 is 5.97 Å². The lowest BCUT2D eigenvalue weighted by molar-refractivity contribution is -0.143. The molecule has 1 heterocycles. The van der Waals surface area contributed by atoms with Crippen LogP contribution in [-0.2, 0) is 20.8 Å². The van der Waals surface area contributed by atoms with Crippen molar-refractivity contribution in [2.24, 2.45) is 28.0 Å². The van der Waals surface area contributed by atoms with Gasteiger partial charge in [-0.1, -0.05) is 27.7 Å². The first-order valence-electron chi connectivity index (χ1n) is 9.81. The number of carbonyl (C=O) groups is 3. The van der Waals surface area contributed by atoms with Crippen molar-refractivity contribution in [1.82, 2.24) is 20.6 Å². The van der Waals surface area contributed by atoms with Gasteiger partial charge in [0, 0.05) is 36.8 Å². The van der Waals surface area contributed by atoms with E-state index in [1.165, 1.54) is 6.33 Å². The third-order valence-electron chi connectivity index (χ3n) is 5.14. The quantitative estimate of drug-likeness (QED) is 0.214. The smallest absolute Gasteiger partial charge is 0.321 e. The van der Waals surface area contributed by atoms with Crippen molar-refractivity contribution in [2.75, 3.05) is 13.1 Å². The van der Waals surface area contributed by atoms with Crippen LogP contribution in [0.2, 0.25) is 0 Å². The van der Waals surface area contributed by atoms with E-state index in [9.17, 15) is 19.5 Å². The van der Waals surface area contributed by atoms with Crippen molar-refractivity contribution in [3.05, 3.63) is 18.2 Å². The molecule has 0 fully saturated rings. The molecule has 30 heavy (non-hydrogen) atoms. The number of carbonyl (C=O) groups excluding carboxylic acids is 2. The molecule has 1 aromatic rings. The van der Waals surface area contributed by atoms with Crippen LogP contribution in [0, 0.1) is 10.8 Å². The van der Waals surface area contributed by atoms with Gasteiger partial charge in [0.05, 0.1) is 12.4 Å². The molecule has 2 atom stereocenters. The molecular weight excluding hydrogens is 390 g/mol. The normalized spacial score (nSPS) is 14.3. The zero-order chi connectivity index (χ0) is 23.1. The number of aromatic nitrogens is 2. The van der Waals surface area contributed by atoms with Crippen molar-refractivity contribution < 1.29 is 19.5 Å². The summed E-state index contributed by atoms with van der Waals surface area (Å²) in [6.07, 6.45) is 3.43. The third kappa shape index (κ3) is 7.08. The van der Waals surface area contributed by atoms with Gasteiger partial charge in [0.1, 0.15) is 12.1 Å². The van der Waals surface area contributed by atoms with Gasteiger partial charge in [-0.15, -0.1) is 0 Å². The number of amides is 2. The third-order valence-corrected chi connectivity index (χ3v) is 5.14. The number of aromatic amines is 1. The molecule has 0 unspecified atom stereocenters. The molecule has 11 heteroatoms. The molecule has 10 N–H and O–H groups in total. The Bertz CT molecular complexity index is 714. The van der Waals surface area contributed by atoms with E-state index in [-0.39, 0.29) is 25.9 Å². The van der Waals surface area contributed by atoms with Gasteiger partial charge in [0.25, 0.3) is 0 Å². The summed E-state index contributed by atoms with van der Waals surface area (Å²) in [5, 5.41) is 14.7. The Morgan fingerprint density at radius 1 is 1.17 bits per heavy atom. The number of carboxylic acid groups (broad SMARTS) is 1. The van der Waals surface area contributed by atoms with E-state index in [2.05, 4.69) is 20.6 Å². The summed E-state index contributed by atoms with van der Waals surface area (Å²) in [4.78, 5) is 44.0. The molecule has 0 aromatic carbocycles. The van der Waals surface area contributed by atoms with Gasteiger partial charge in [0.15, 0.2) is 0 Å². The predicted molar refractivity (Wildman–Crippen MR) is 112 cm³/mol. The minimum Gasteiger partial charge on any atom is -0.480 e. The fraction of sp³-hybridized carbons (Fsp3) is 0.684. The number of rotatable bonds is 12. The first kappa shape index (κ1) is 25.5. The van der Waals surface area contributed by atoms with Crippen LogP contribution in [0.15, 0.2) is 12.5 Å². The average molecular weight is 426 g/mol. The number of hydrogen-bond acceptors (Lipinski definition) is 7. The second-order valence-electron chi connectivity index (χ2n) is 8.85. The van der Waals surface area contributed by atoms with Gasteiger partial charge in [-0.3, -0.25) is 14.4 Å². The molecule has 1 rings (SSSR count). The first-order chi connectivity index (χ1) is 13.8. The Balaban J connectivity index is 2.98. The Morgan fingerprint density at radius 3 is 2.23 bits per heavy atom. The van der Waals surface area contributed by atoms with E-state index in [4.69, 9.17) is 17.2 Å². The maximum Gasteiger partial charge on any atom is 0.321 e. The molecule has 170 valence electrons. The second kappa shape index (κ2) is 10.5. The molecule has 0 saturated heterocycles. The van der Waals surface area contributed by atoms with Crippen molar-refractivity contribution in [1.29, 1.82) is 0 Å². The number of imidazole rings is 1. The summed E-state index contributed by atoms with van der Waals surface area (Å²) in [6.45, 7) is 7.10. The van der Waals surface area contributed by atoms with E-state index >= 15 is 0 Å². The van der Waals surface area contributed by atoms with Gasteiger partial charge < -0.3 is 37.9 Å². The maximum atomic E-state index is 13.0. The monoisotopic (exact) mass is 425 g/mol. The summed E-state index contributed by atoms with van der Waals surface area (Å²) in [7, 11) is 0. The Morgan fingerprint density at radius 2 is 1.77 bits per heavy atom. The van der Waals surface area contributed by atoms with Crippen LogP contribution in [0.5, 0.6) is 0 Å². The minimum atomic E-state index is -1.14. The van der Waals surface area contributed by atoms with Crippen molar-refractivity contribution >= 4 is 17.8 Å². The number of carboxylic acids is 1. The standard InChI is InChI=1S/C19H35N7O4/c1-18(2,14(22)16(28)29)9-19(3,4)17(30)26-13(5-11-8-23-10-24-11)15(27)25-12(6-20)7-21/h8,10,12-14H,5-7,9,20-22H2,1-4H3,(H,23,24)(H,25,27)(H,26,30)(H,28,29)/t13-,14+/m0/s1. The molecule has 0 bridgehead atoms. The molecule has 0 saturated carbocycles. The topological polar surface area (TPSA) is 202 Å². The van der Waals surface area contributed by atoms with Crippen LogP contribution in [0.1, 0.15) is 39.8 Å². The zero-order valence-electron chi connectivity index (χ0n) is 18.1. The van der Waals surface area contributed by atoms with Crippen LogP contribution < -0.4 is 27.8 Å². The highest BCUT2D eigenvalue weighted by Crippen LogP contribution is 2.36. The largest absolute Gasteiger partial charge is 0.480 e. The summed E-state index contributed by atoms with van der Waals surface area (Å²) < 4.78 is 0. The molecule has 0 aliphatic heterocycles. The van der Waals surface area contributed by atoms with E-state index < -0.39 is 46.7 Å². The van der Waals surface area contributed by atoms with E-state index in [1.54, 1.807) is 33.9 Å². The van der Waals surface area contributed by atoms with Gasteiger partial charge in [-0.2, -0.15) is 0 Å². The van der Waals surface area contributed by atoms with Gasteiger partial charge in [-0.05, 0) is 11.8 Å². The molecule has 0 aliphatic rings. The molecule has 11 nitrogen and oxygen atoms in total. The fourth-order valence-electron chi connectivity index (χ4n) is 3.36. The number of nitrogens with two attached hydrogens (primary N) is 3. The Hall–Kier alpha value is -2.50. The lowest BCUT2D eigenvalue weighted by Crippen LogP contribution is -2.56. The van der Waals surface area contributed by atoms with Gasteiger partial charge in [-0.25, -0.2) is 4.98 Å². The highest BCUT2D eigenvalue weighted by Gasteiger charge is 2.41. The van der Waals surface area contributed by atoms with Crippen LogP contribution in [-0.4, -0.2) is 64.1 Å². The maximum absolute atomic E-state index is 13.0. The number of hydrogen-bond donors (Lipinski definition) is 7. The second-order valence-corrected chi connectivity index (χ2v) is 8.85. The summed E-state index contributed by atoms with van der Waals surface area (Å²) in [5.74, 6) is -1.96. The number of aliphatic carboxylic acids is 1. The molecule has 0 spiro atoms. The lowest BCUT2D eigenvalue weighted by Gasteiger charge is -2.37. The average Bonchev–Trinajstić information content (AvgIpc) is 3.16. The highest BCUT2D eigenvalue weighted by atomic mass is 16.4. The number of nitrogens with zero attached hydrogens (tertiary/aromatic N) is 1. The Kier molecular flexibility index (Phi) is 8.94. The van der Waals surface area contributed by atoms with E-state index in [0.29, 0.717) is 5.69 Å². The SMILES string of the molecule is CC(C)(CC(C)(C)[C@H](N)C(=O)O)C(=O)N[C@@H](Cc1cnc[nH]1)C(=O)NC(CN)CN. The molecular formula is C19H35N7O4. The summed E-state index contributed by atoms with van der Waals surface area (Å²) >= 11 is 0. The van der Waals surface area contributed by atoms with Crippen LogP contribution in [0.3, 0.4) is 0 Å². The van der Waals surface area contributed by atoms with Crippen molar-refractivity contribution in [3.63, 3.8) is 0 Å². The van der Waals surface area contributed by atoms with Crippen molar-refractivity contribution in [2.45, 2.75) is 58.7 Å². The molecule has 1 aromatic heterocycles. The van der Waals surface area contributed by atoms with Crippen LogP contribution >= 0.6 is 0 Å². The molecule has 0 radical (unpaired) electrons. The predicted octanol–water partition coefficient (Wildman–Crippen LogP) is -1.31. The molecule has 0 aliphatic carbocycles. The first-order valence-corrected chi connectivity index (χ1v) is 9.81. The molecule has 2 amide bonds. The number of nitrogens with one attached hydrogen (secondary N) is 3. The highest BCUT2D eigenvalue weighted by molar-refractivity contribution is 5.90. The van der Waals surface area contributed by atoms with Crippen LogP contribution in [0.25, 0.3) is 0 Å². The zero-order valence-corrected chi connectivity index (χ0v) is 18.1. The van der Waals surface area contributed by atoms with Crippen LogP contribution in [0.4, 0.5) is 0 Å². The van der Waals surface area contributed by atoms with Gasteiger partial charge in [0.2, 0.25) is 11.8 Å². The van der Waals surface area contributed by atoms with E-state index in [0.717, 1.165) is 0 Å². The lowest BCUT2D eigenvalue weighted by atomic mass is 9.70. The van der Waals surface area contributed by atoms with E-state index in [1.807, 2.05) is 0 Å².